The quantitative estimate of drug-likeness (QED) is 0.797. The van der Waals surface area contributed by atoms with Crippen molar-refractivity contribution in [2.45, 2.75) is 19.5 Å². The molecule has 1 saturated heterocycles. The summed E-state index contributed by atoms with van der Waals surface area (Å²) in [6, 6.07) is 15.3. The number of benzene rings is 2. The van der Waals surface area contributed by atoms with Gasteiger partial charge in [0.1, 0.15) is 5.82 Å². The van der Waals surface area contributed by atoms with E-state index >= 15 is 0 Å². The lowest BCUT2D eigenvalue weighted by atomic mass is 10.1. The molecule has 5 nitrogen and oxygen atoms in total. The number of carbonyl (C=O) groups is 2. The topological polar surface area (TPSA) is 43.9 Å². The van der Waals surface area contributed by atoms with Crippen molar-refractivity contribution < 1.29 is 14.0 Å². The summed E-state index contributed by atoms with van der Waals surface area (Å²) in [6.07, 6.45) is 0. The van der Waals surface area contributed by atoms with Gasteiger partial charge < -0.3 is 9.80 Å². The van der Waals surface area contributed by atoms with Gasteiger partial charge >= 0.3 is 0 Å². The highest BCUT2D eigenvalue weighted by molar-refractivity contribution is 5.94. The Balaban J connectivity index is 1.53. The smallest absolute Gasteiger partial charge is 0.253 e. The van der Waals surface area contributed by atoms with Crippen LogP contribution in [0.4, 0.5) is 4.39 Å². The summed E-state index contributed by atoms with van der Waals surface area (Å²) < 4.78 is 13.3. The van der Waals surface area contributed by atoms with Gasteiger partial charge in [-0.3, -0.25) is 14.5 Å². The number of halogens is 1. The summed E-state index contributed by atoms with van der Waals surface area (Å²) in [4.78, 5) is 30.9. The van der Waals surface area contributed by atoms with Gasteiger partial charge in [0.25, 0.3) is 5.91 Å². The van der Waals surface area contributed by atoms with E-state index in [1.807, 2.05) is 48.2 Å². The molecule has 0 bridgehead atoms. The highest BCUT2D eigenvalue weighted by Gasteiger charge is 2.29. The van der Waals surface area contributed by atoms with E-state index in [2.05, 4.69) is 4.90 Å². The van der Waals surface area contributed by atoms with Gasteiger partial charge in [-0.25, -0.2) is 4.39 Å². The molecule has 6 heteroatoms. The molecule has 28 heavy (non-hydrogen) atoms. The average molecular weight is 383 g/mol. The van der Waals surface area contributed by atoms with Gasteiger partial charge in [-0.2, -0.15) is 0 Å². The fourth-order valence-corrected chi connectivity index (χ4v) is 3.54. The molecule has 0 radical (unpaired) electrons. The van der Waals surface area contributed by atoms with E-state index in [-0.39, 0.29) is 23.7 Å². The first kappa shape index (κ1) is 20.0. The molecule has 1 aliphatic heterocycles. The van der Waals surface area contributed by atoms with Crippen LogP contribution in [0.3, 0.4) is 0 Å². The van der Waals surface area contributed by atoms with Crippen molar-refractivity contribution >= 4 is 11.8 Å². The van der Waals surface area contributed by atoms with Crippen LogP contribution in [0.25, 0.3) is 0 Å². The minimum absolute atomic E-state index is 0.00732. The summed E-state index contributed by atoms with van der Waals surface area (Å²) in [6.45, 7) is 4.75. The zero-order chi connectivity index (χ0) is 20.1. The molecule has 1 aliphatic rings. The average Bonchev–Trinajstić information content (AvgIpc) is 2.73. The fourth-order valence-electron chi connectivity index (χ4n) is 3.54. The molecule has 0 saturated carbocycles. The van der Waals surface area contributed by atoms with Crippen molar-refractivity contribution in [3.63, 3.8) is 0 Å². The third-order valence-electron chi connectivity index (χ3n) is 5.21. The largest absolute Gasteiger partial charge is 0.340 e. The third kappa shape index (κ3) is 4.75. The first-order chi connectivity index (χ1) is 13.5. The van der Waals surface area contributed by atoms with Gasteiger partial charge in [-0.1, -0.05) is 30.3 Å². The lowest BCUT2D eigenvalue weighted by Gasteiger charge is -2.38. The van der Waals surface area contributed by atoms with Crippen molar-refractivity contribution in [1.29, 1.82) is 0 Å². The second-order valence-electron chi connectivity index (χ2n) is 7.19. The monoisotopic (exact) mass is 383 g/mol. The highest BCUT2D eigenvalue weighted by Crippen LogP contribution is 2.13. The van der Waals surface area contributed by atoms with Crippen molar-refractivity contribution in [3.8, 4) is 0 Å². The second kappa shape index (κ2) is 8.97. The maximum Gasteiger partial charge on any atom is 0.253 e. The molecule has 1 unspecified atom stereocenters. The van der Waals surface area contributed by atoms with E-state index in [0.29, 0.717) is 38.3 Å². The van der Waals surface area contributed by atoms with Crippen LogP contribution in [0.15, 0.2) is 54.6 Å². The van der Waals surface area contributed by atoms with Crippen LogP contribution in [-0.4, -0.2) is 65.8 Å². The fraction of sp³-hybridized carbons (Fsp3) is 0.364. The molecule has 1 fully saturated rings. The lowest BCUT2D eigenvalue weighted by Crippen LogP contribution is -2.55. The van der Waals surface area contributed by atoms with Crippen molar-refractivity contribution in [1.82, 2.24) is 14.7 Å². The van der Waals surface area contributed by atoms with E-state index < -0.39 is 0 Å². The molecule has 148 valence electrons. The first-order valence-corrected chi connectivity index (χ1v) is 9.53. The van der Waals surface area contributed by atoms with Gasteiger partial charge in [0.05, 0.1) is 6.04 Å². The van der Waals surface area contributed by atoms with Crippen LogP contribution in [0.5, 0.6) is 0 Å². The SMILES string of the molecule is CC(C(=O)N(C)Cc1cccc(F)c1)N1CCN(C(=O)c2ccccc2)CC1. The maximum atomic E-state index is 13.3. The second-order valence-corrected chi connectivity index (χ2v) is 7.19. The molecule has 3 rings (SSSR count). The number of nitrogens with zero attached hydrogens (tertiary/aromatic N) is 3. The Morgan fingerprint density at radius 1 is 1.04 bits per heavy atom. The normalized spacial score (nSPS) is 15.9. The molecule has 1 heterocycles. The van der Waals surface area contributed by atoms with Crippen molar-refractivity contribution in [3.05, 3.63) is 71.5 Å². The molecule has 2 aromatic rings. The minimum Gasteiger partial charge on any atom is -0.340 e. The molecule has 1 atom stereocenters. The lowest BCUT2D eigenvalue weighted by molar-refractivity contribution is -0.136. The van der Waals surface area contributed by atoms with E-state index in [1.165, 1.54) is 12.1 Å². The molecular weight excluding hydrogens is 357 g/mol. The standard InChI is InChI=1S/C22H26FN3O2/c1-17(21(27)24(2)16-18-7-6-10-20(23)15-18)25-11-13-26(14-12-25)22(28)19-8-4-3-5-9-19/h3-10,15,17H,11-14,16H2,1-2H3. The van der Waals surface area contributed by atoms with Crippen LogP contribution in [0.2, 0.25) is 0 Å². The van der Waals surface area contributed by atoms with Gasteiger partial charge in [-0.05, 0) is 36.8 Å². The van der Waals surface area contributed by atoms with Crippen LogP contribution in [-0.2, 0) is 11.3 Å². The molecule has 0 N–H and O–H groups in total. The van der Waals surface area contributed by atoms with Crippen molar-refractivity contribution in [2.75, 3.05) is 33.2 Å². The molecule has 0 spiro atoms. The Labute approximate surface area is 165 Å². The summed E-state index contributed by atoms with van der Waals surface area (Å²) in [5, 5.41) is 0. The first-order valence-electron chi connectivity index (χ1n) is 9.53. The van der Waals surface area contributed by atoms with Gasteiger partial charge in [0.2, 0.25) is 5.91 Å². The summed E-state index contributed by atoms with van der Waals surface area (Å²) in [7, 11) is 1.74. The highest BCUT2D eigenvalue weighted by atomic mass is 19.1. The Kier molecular flexibility index (Phi) is 6.41. The van der Waals surface area contributed by atoms with E-state index in [1.54, 1.807) is 18.0 Å². The number of likely N-dealkylation sites (N-methyl/N-ethyl adjacent to an activating group) is 1. The number of carbonyl (C=O) groups excluding carboxylic acids is 2. The van der Waals surface area contributed by atoms with Gasteiger partial charge in [0, 0.05) is 45.3 Å². The molecule has 2 aromatic carbocycles. The summed E-state index contributed by atoms with van der Waals surface area (Å²) in [5.74, 6) is -0.278. The Morgan fingerprint density at radius 2 is 1.71 bits per heavy atom. The van der Waals surface area contributed by atoms with Crippen molar-refractivity contribution in [2.24, 2.45) is 0 Å². The summed E-state index contributed by atoms with van der Waals surface area (Å²) >= 11 is 0. The van der Waals surface area contributed by atoms with Gasteiger partial charge in [-0.15, -0.1) is 0 Å². The van der Waals surface area contributed by atoms with E-state index in [4.69, 9.17) is 0 Å². The third-order valence-corrected chi connectivity index (χ3v) is 5.21. The van der Waals surface area contributed by atoms with Gasteiger partial charge in [0.15, 0.2) is 0 Å². The zero-order valence-electron chi connectivity index (χ0n) is 16.3. The van der Waals surface area contributed by atoms with E-state index in [0.717, 1.165) is 5.56 Å². The van der Waals surface area contributed by atoms with Crippen LogP contribution in [0.1, 0.15) is 22.8 Å². The Morgan fingerprint density at radius 3 is 2.36 bits per heavy atom. The van der Waals surface area contributed by atoms with Crippen LogP contribution in [0, 0.1) is 5.82 Å². The number of hydrogen-bond donors (Lipinski definition) is 0. The molecule has 0 aliphatic carbocycles. The van der Waals surface area contributed by atoms with Crippen LogP contribution >= 0.6 is 0 Å². The number of rotatable bonds is 5. The Bertz CT molecular complexity index is 820. The number of piperazine rings is 1. The predicted molar refractivity (Wildman–Crippen MR) is 106 cm³/mol. The molecule has 2 amide bonds. The molecule has 0 aromatic heterocycles. The van der Waals surface area contributed by atoms with Crippen LogP contribution < -0.4 is 0 Å². The predicted octanol–water partition coefficient (Wildman–Crippen LogP) is 2.63. The Hall–Kier alpha value is -2.73. The summed E-state index contributed by atoms with van der Waals surface area (Å²) in [5.41, 5.74) is 1.45. The van der Waals surface area contributed by atoms with E-state index in [9.17, 15) is 14.0 Å². The molecular formula is C22H26FN3O2. The zero-order valence-corrected chi connectivity index (χ0v) is 16.3. The number of amides is 2. The number of hydrogen-bond acceptors (Lipinski definition) is 3. The maximum absolute atomic E-state index is 13.3. The minimum atomic E-state index is -0.300.